The van der Waals surface area contributed by atoms with Crippen molar-refractivity contribution in [2.45, 2.75) is 50.7 Å². The fourth-order valence-corrected chi connectivity index (χ4v) is 2.28. The van der Waals surface area contributed by atoms with Gasteiger partial charge in [0.2, 0.25) is 0 Å². The molecule has 0 saturated carbocycles. The first-order chi connectivity index (χ1) is 8.28. The molecule has 0 aliphatic rings. The van der Waals surface area contributed by atoms with Gasteiger partial charge in [0.1, 0.15) is 4.75 Å². The van der Waals surface area contributed by atoms with Gasteiger partial charge in [-0.2, -0.15) is 5.10 Å². The van der Waals surface area contributed by atoms with Crippen molar-refractivity contribution in [2.75, 3.05) is 0 Å². The van der Waals surface area contributed by atoms with E-state index < -0.39 is 21.5 Å². The Hall–Kier alpha value is -1.17. The molecule has 0 radical (unpaired) electrons. The predicted octanol–water partition coefficient (Wildman–Crippen LogP) is 1.97. The Morgan fingerprint density at radius 3 is 2.72 bits per heavy atom. The summed E-state index contributed by atoms with van der Waals surface area (Å²) in [5.74, 6) is -0.884. The Kier molecular flexibility index (Phi) is 4.67. The number of hydrogen-bond acceptors (Lipinski definition) is 3. The molecule has 0 aromatic carbocycles. The molecule has 1 heterocycles. The van der Waals surface area contributed by atoms with Crippen molar-refractivity contribution in [1.82, 2.24) is 9.78 Å². The maximum atomic E-state index is 12.0. The Labute approximate surface area is 110 Å². The van der Waals surface area contributed by atoms with E-state index in [9.17, 15) is 9.00 Å². The second-order valence-electron chi connectivity index (χ2n) is 4.85. The molecule has 18 heavy (non-hydrogen) atoms. The highest BCUT2D eigenvalue weighted by Crippen LogP contribution is 2.18. The number of rotatable bonds is 6. The zero-order chi connectivity index (χ0) is 13.9. The Morgan fingerprint density at radius 2 is 2.22 bits per heavy atom. The van der Waals surface area contributed by atoms with E-state index in [1.807, 2.05) is 10.9 Å². The SMILES string of the molecule is CCC(C)n1ccc(CS(=O)C(C)(C)C(=O)O)n1. The van der Waals surface area contributed by atoms with Crippen LogP contribution in [0.15, 0.2) is 12.3 Å². The number of carboxylic acids is 1. The van der Waals surface area contributed by atoms with Crippen molar-refractivity contribution in [3.63, 3.8) is 0 Å². The molecule has 1 aromatic rings. The van der Waals surface area contributed by atoms with Crippen LogP contribution in [0.3, 0.4) is 0 Å². The van der Waals surface area contributed by atoms with Crippen LogP contribution >= 0.6 is 0 Å². The maximum absolute atomic E-state index is 12.0. The van der Waals surface area contributed by atoms with Crippen LogP contribution in [0, 0.1) is 0 Å². The van der Waals surface area contributed by atoms with Crippen LogP contribution in [-0.4, -0.2) is 29.8 Å². The topological polar surface area (TPSA) is 72.2 Å². The normalized spacial score (nSPS) is 15.3. The molecule has 102 valence electrons. The van der Waals surface area contributed by atoms with E-state index in [1.165, 1.54) is 13.8 Å². The lowest BCUT2D eigenvalue weighted by molar-refractivity contribution is -0.139. The lowest BCUT2D eigenvalue weighted by Crippen LogP contribution is -2.37. The van der Waals surface area contributed by atoms with Crippen molar-refractivity contribution >= 4 is 16.8 Å². The first-order valence-corrected chi connectivity index (χ1v) is 7.26. The highest BCUT2D eigenvalue weighted by atomic mass is 32.2. The lowest BCUT2D eigenvalue weighted by Gasteiger charge is -2.17. The summed E-state index contributed by atoms with van der Waals surface area (Å²) in [5.41, 5.74) is 0.669. The first-order valence-electron chi connectivity index (χ1n) is 5.95. The van der Waals surface area contributed by atoms with Gasteiger partial charge >= 0.3 is 5.97 Å². The highest BCUT2D eigenvalue weighted by molar-refractivity contribution is 7.86. The maximum Gasteiger partial charge on any atom is 0.321 e. The van der Waals surface area contributed by atoms with Gasteiger partial charge in [-0.25, -0.2) is 0 Å². The summed E-state index contributed by atoms with van der Waals surface area (Å²) < 4.78 is 12.6. The van der Waals surface area contributed by atoms with E-state index in [-0.39, 0.29) is 5.75 Å². The van der Waals surface area contributed by atoms with Crippen molar-refractivity contribution in [3.8, 4) is 0 Å². The highest BCUT2D eigenvalue weighted by Gasteiger charge is 2.34. The smallest absolute Gasteiger partial charge is 0.321 e. The molecule has 2 atom stereocenters. The van der Waals surface area contributed by atoms with Crippen LogP contribution in [0.25, 0.3) is 0 Å². The third kappa shape index (κ3) is 3.19. The van der Waals surface area contributed by atoms with Gasteiger partial charge in [0, 0.05) is 23.0 Å². The van der Waals surface area contributed by atoms with Crippen molar-refractivity contribution in [3.05, 3.63) is 18.0 Å². The summed E-state index contributed by atoms with van der Waals surface area (Å²) >= 11 is 0. The number of carboxylic acid groups (broad SMARTS) is 1. The largest absolute Gasteiger partial charge is 0.480 e. The van der Waals surface area contributed by atoms with Crippen LogP contribution in [0.5, 0.6) is 0 Å². The minimum absolute atomic E-state index is 0.169. The van der Waals surface area contributed by atoms with E-state index in [1.54, 1.807) is 6.07 Å². The molecule has 1 N–H and O–H groups in total. The van der Waals surface area contributed by atoms with Gasteiger partial charge < -0.3 is 5.11 Å². The molecule has 5 nitrogen and oxygen atoms in total. The first kappa shape index (κ1) is 14.9. The van der Waals surface area contributed by atoms with Gasteiger partial charge in [0.05, 0.1) is 11.4 Å². The van der Waals surface area contributed by atoms with Gasteiger partial charge in [0.25, 0.3) is 0 Å². The number of aliphatic carboxylic acids is 1. The molecular formula is C12H20N2O3S. The van der Waals surface area contributed by atoms with Gasteiger partial charge in [-0.3, -0.25) is 13.7 Å². The number of nitrogens with zero attached hydrogens (tertiary/aromatic N) is 2. The molecule has 0 bridgehead atoms. The monoisotopic (exact) mass is 272 g/mol. The second kappa shape index (κ2) is 5.65. The molecule has 0 amide bonds. The molecule has 0 spiro atoms. The molecular weight excluding hydrogens is 252 g/mol. The van der Waals surface area contributed by atoms with Crippen molar-refractivity contribution in [1.29, 1.82) is 0 Å². The number of hydrogen-bond donors (Lipinski definition) is 1. The second-order valence-corrected chi connectivity index (χ2v) is 6.85. The number of carbonyl (C=O) groups is 1. The molecule has 0 aliphatic carbocycles. The summed E-state index contributed by atoms with van der Waals surface area (Å²) in [6.45, 7) is 7.06. The summed E-state index contributed by atoms with van der Waals surface area (Å²) in [4.78, 5) is 11.0. The van der Waals surface area contributed by atoms with Crippen LogP contribution in [0.2, 0.25) is 0 Å². The summed E-state index contributed by atoms with van der Waals surface area (Å²) in [5, 5.41) is 13.3. The molecule has 0 aliphatic heterocycles. The van der Waals surface area contributed by atoms with Gasteiger partial charge in [-0.05, 0) is 33.3 Å². The van der Waals surface area contributed by atoms with E-state index in [2.05, 4.69) is 18.9 Å². The molecule has 0 fully saturated rings. The lowest BCUT2D eigenvalue weighted by atomic mass is 10.2. The zero-order valence-electron chi connectivity index (χ0n) is 11.2. The number of aromatic nitrogens is 2. The molecule has 1 rings (SSSR count). The van der Waals surface area contributed by atoms with E-state index >= 15 is 0 Å². The van der Waals surface area contributed by atoms with E-state index in [4.69, 9.17) is 5.11 Å². The third-order valence-corrected chi connectivity index (χ3v) is 4.94. The van der Waals surface area contributed by atoms with Gasteiger partial charge in [-0.1, -0.05) is 6.92 Å². The Balaban J connectivity index is 2.77. The van der Waals surface area contributed by atoms with Crippen LogP contribution in [0.1, 0.15) is 45.9 Å². The summed E-state index contributed by atoms with van der Waals surface area (Å²) in [6, 6.07) is 2.09. The average Bonchev–Trinajstić information content (AvgIpc) is 2.76. The summed E-state index contributed by atoms with van der Waals surface area (Å²) in [6.07, 6.45) is 2.80. The van der Waals surface area contributed by atoms with E-state index in [0.717, 1.165) is 6.42 Å². The molecule has 1 aromatic heterocycles. The fourth-order valence-electron chi connectivity index (χ4n) is 1.30. The van der Waals surface area contributed by atoms with Gasteiger partial charge in [0.15, 0.2) is 0 Å². The molecule has 6 heteroatoms. The zero-order valence-corrected chi connectivity index (χ0v) is 12.0. The van der Waals surface area contributed by atoms with Gasteiger partial charge in [-0.15, -0.1) is 0 Å². The standard InChI is InChI=1S/C12H20N2O3S/c1-5-9(2)14-7-6-10(13-14)8-18(17)12(3,4)11(15)16/h6-7,9H,5,8H2,1-4H3,(H,15,16). The minimum atomic E-state index is -1.49. The minimum Gasteiger partial charge on any atom is -0.480 e. The van der Waals surface area contributed by atoms with Crippen LogP contribution in [-0.2, 0) is 21.3 Å². The summed E-state index contributed by atoms with van der Waals surface area (Å²) in [7, 11) is -1.49. The molecule has 2 unspecified atom stereocenters. The Morgan fingerprint density at radius 1 is 1.61 bits per heavy atom. The van der Waals surface area contributed by atoms with Crippen molar-refractivity contribution in [2.24, 2.45) is 0 Å². The van der Waals surface area contributed by atoms with Crippen LogP contribution in [0.4, 0.5) is 0 Å². The third-order valence-electron chi connectivity index (χ3n) is 3.07. The average molecular weight is 272 g/mol. The Bertz CT molecular complexity index is 454. The van der Waals surface area contributed by atoms with E-state index in [0.29, 0.717) is 11.7 Å². The fraction of sp³-hybridized carbons (Fsp3) is 0.667. The van der Waals surface area contributed by atoms with Crippen LogP contribution < -0.4 is 0 Å². The molecule has 0 saturated heterocycles. The van der Waals surface area contributed by atoms with Crippen molar-refractivity contribution < 1.29 is 14.1 Å². The predicted molar refractivity (Wildman–Crippen MR) is 70.8 cm³/mol. The quantitative estimate of drug-likeness (QED) is 0.859.